The Balaban J connectivity index is 2.09. The van der Waals surface area contributed by atoms with Crippen LogP contribution < -0.4 is 23.9 Å². The molecule has 0 N–H and O–H groups in total. The Morgan fingerprint density at radius 3 is 2.19 bits per heavy atom. The number of methoxy groups -OCH3 is 1. The molecule has 1 heterocycles. The smallest absolute Gasteiger partial charge is 0.148 e. The van der Waals surface area contributed by atoms with Crippen LogP contribution in [0, 0.1) is 14.8 Å². The van der Waals surface area contributed by atoms with Crippen LogP contribution in [-0.4, -0.2) is 7.11 Å². The van der Waals surface area contributed by atoms with Crippen LogP contribution in [0.25, 0.3) is 5.57 Å². The van der Waals surface area contributed by atoms with Gasteiger partial charge in [0.05, 0.1) is 26.8 Å². The number of benzene rings is 3. The van der Waals surface area contributed by atoms with Crippen LogP contribution in [-0.2, 0) is 3.74 Å². The second kappa shape index (κ2) is 7.09. The Hall–Kier alpha value is -2.19. The minimum absolute atomic E-state index is 0.661. The summed E-state index contributed by atoms with van der Waals surface area (Å²) >= 11 is 0. The summed E-state index contributed by atoms with van der Waals surface area (Å²) in [6.45, 7) is 0. The average molecular weight is 403 g/mol. The second-order valence-corrected chi connectivity index (χ2v) is 8.48. The van der Waals surface area contributed by atoms with Gasteiger partial charge < -0.3 is 4.74 Å². The zero-order valence-corrected chi connectivity index (χ0v) is 15.8. The molecule has 0 bridgehead atoms. The molecule has 7 heteroatoms. The van der Waals surface area contributed by atoms with Gasteiger partial charge in [0.25, 0.3) is 0 Å². The average Bonchev–Trinajstić information content (AvgIpc) is 2.67. The highest BCUT2D eigenvalue weighted by Gasteiger charge is 2.29. The number of hydrogen-bond acceptors (Lipinski definition) is 5. The fourth-order valence-electron chi connectivity index (χ4n) is 3.15. The molecule has 3 aromatic rings. The number of fused-ring (bicyclic) bond motifs is 2. The molecular weight excluding hydrogens is 388 g/mol. The van der Waals surface area contributed by atoms with Gasteiger partial charge in [0, 0.05) is 0 Å². The molecule has 0 radical (unpaired) electrons. The Morgan fingerprint density at radius 1 is 0.815 bits per heavy atom. The van der Waals surface area contributed by atoms with Crippen LogP contribution in [0.2, 0.25) is 0 Å². The predicted molar refractivity (Wildman–Crippen MR) is 92.9 cm³/mol. The molecule has 0 aromatic heterocycles. The van der Waals surface area contributed by atoms with Gasteiger partial charge in [-0.05, 0) is 46.2 Å². The van der Waals surface area contributed by atoms with Crippen LogP contribution in [0.15, 0.2) is 77.7 Å². The van der Waals surface area contributed by atoms with Gasteiger partial charge >= 0.3 is 0 Å². The van der Waals surface area contributed by atoms with Gasteiger partial charge in [-0.3, -0.25) is 0 Å². The molecule has 1 aliphatic heterocycles. The third kappa shape index (κ3) is 3.51. The largest absolute Gasteiger partial charge is 0.497 e. The van der Waals surface area contributed by atoms with Crippen molar-refractivity contribution >= 4 is 16.3 Å². The zero-order valence-electron chi connectivity index (χ0n) is 14.3. The molecule has 4 rings (SSSR count). The summed E-state index contributed by atoms with van der Waals surface area (Å²) in [4.78, 5) is 0.661. The lowest BCUT2D eigenvalue weighted by atomic mass is 9.95. The van der Waals surface area contributed by atoms with Gasteiger partial charge in [0.15, 0.2) is 0 Å². The lowest BCUT2D eigenvalue weighted by Crippen LogP contribution is -2.60. The lowest BCUT2D eigenvalue weighted by molar-refractivity contribution is -1.91. The van der Waals surface area contributed by atoms with Gasteiger partial charge in [-0.15, -0.1) is 0 Å². The van der Waals surface area contributed by atoms with Crippen LogP contribution in [0.3, 0.4) is 0 Å². The predicted octanol–water partition coefficient (Wildman–Crippen LogP) is 0.664. The first kappa shape index (κ1) is 18.2. The standard InChI is InChI=1S/C20H15ClO5S/c1-25-15-12-10-14(11-13-15)20-16-6-2-4-8-18(16)27(26-21(22,23)24)19-9-5-3-7-17(19)20/h2-13H,1H3. The van der Waals surface area contributed by atoms with E-state index in [4.69, 9.17) is 8.47 Å². The zero-order chi connectivity index (χ0) is 19.0. The summed E-state index contributed by atoms with van der Waals surface area (Å²) in [7, 11) is -4.28. The fourth-order valence-corrected chi connectivity index (χ4v) is 5.69. The van der Waals surface area contributed by atoms with Crippen LogP contribution in [0.4, 0.5) is 0 Å². The van der Waals surface area contributed by atoms with Crippen molar-refractivity contribution in [3.63, 3.8) is 0 Å². The van der Waals surface area contributed by atoms with E-state index in [1.54, 1.807) is 31.4 Å². The monoisotopic (exact) mass is 402 g/mol. The first-order chi connectivity index (χ1) is 13.0. The normalized spacial score (nSPS) is 15.9. The first-order valence-electron chi connectivity index (χ1n) is 8.03. The minimum atomic E-state index is -4.57. The van der Waals surface area contributed by atoms with E-state index in [-0.39, 0.29) is 0 Å². The Bertz CT molecular complexity index is 1120. The van der Waals surface area contributed by atoms with Crippen molar-refractivity contribution in [2.75, 3.05) is 7.11 Å². The van der Waals surface area contributed by atoms with Crippen molar-refractivity contribution in [2.45, 2.75) is 4.90 Å². The van der Waals surface area contributed by atoms with E-state index in [2.05, 4.69) is 0 Å². The number of hydrogen-bond donors (Lipinski definition) is 0. The van der Waals surface area contributed by atoms with Crippen molar-refractivity contribution < 1.29 is 32.7 Å². The van der Waals surface area contributed by atoms with E-state index < -0.39 is 21.0 Å². The van der Waals surface area contributed by atoms with Gasteiger partial charge in [-0.2, -0.15) is 14.0 Å². The summed E-state index contributed by atoms with van der Waals surface area (Å²) in [5, 5.41) is 0.837. The molecular formula is C20H15ClO5S. The molecule has 27 heavy (non-hydrogen) atoms. The molecule has 1 unspecified atom stereocenters. The quantitative estimate of drug-likeness (QED) is 0.598. The maximum Gasteiger partial charge on any atom is 0.148 e. The molecule has 3 aromatic carbocycles. The molecule has 5 nitrogen and oxygen atoms in total. The van der Waals surface area contributed by atoms with Crippen molar-refractivity contribution in [3.8, 4) is 5.75 Å². The summed E-state index contributed by atoms with van der Waals surface area (Å²) in [5.41, 5.74) is 2.75. The first-order valence-corrected chi connectivity index (χ1v) is 10.4. The highest BCUT2D eigenvalue weighted by molar-refractivity contribution is 8.05. The third-order valence-corrected chi connectivity index (χ3v) is 6.86. The van der Waals surface area contributed by atoms with Crippen molar-refractivity contribution in [1.29, 1.82) is 0 Å². The van der Waals surface area contributed by atoms with E-state index in [0.29, 0.717) is 9.41 Å². The van der Waals surface area contributed by atoms with E-state index in [1.165, 1.54) is 0 Å². The van der Waals surface area contributed by atoms with Gasteiger partial charge in [0.2, 0.25) is 0 Å². The van der Waals surface area contributed by atoms with E-state index in [9.17, 15) is 14.0 Å². The Morgan fingerprint density at radius 2 is 1.48 bits per heavy atom. The number of halogens is 1. The summed E-state index contributed by atoms with van der Waals surface area (Å²) in [6, 6.07) is 22.4. The molecule has 0 saturated carbocycles. The van der Waals surface area contributed by atoms with Crippen molar-refractivity contribution in [1.82, 2.24) is 0 Å². The highest BCUT2D eigenvalue weighted by atomic mass is 35.7. The molecule has 138 valence electrons. The number of ether oxygens (including phenoxy) is 1. The van der Waals surface area contributed by atoms with E-state index in [1.807, 2.05) is 48.5 Å². The number of rotatable bonds is 4. The van der Waals surface area contributed by atoms with Crippen molar-refractivity contribution in [2.24, 2.45) is 0 Å². The molecule has 0 amide bonds. The fraction of sp³-hybridized carbons (Fsp3) is 0.0500. The van der Waals surface area contributed by atoms with E-state index >= 15 is 0 Å². The SMILES string of the molecule is COc1ccc(C2=c3ccccc3=S(O[Cl+3]([O-])([O-])[O-])c3ccccc32)cc1. The Kier molecular flexibility index (Phi) is 4.77. The molecule has 0 aliphatic carbocycles. The van der Waals surface area contributed by atoms with Gasteiger partial charge in [-0.25, -0.2) is 0 Å². The molecule has 1 aliphatic rings. The van der Waals surface area contributed by atoms with Crippen molar-refractivity contribution in [3.05, 3.63) is 93.7 Å². The highest BCUT2D eigenvalue weighted by Crippen LogP contribution is 2.41. The summed E-state index contributed by atoms with van der Waals surface area (Å²) in [6.07, 6.45) is 0. The maximum absolute atomic E-state index is 11.3. The summed E-state index contributed by atoms with van der Waals surface area (Å²) < 4.78 is 44.8. The summed E-state index contributed by atoms with van der Waals surface area (Å²) in [5.74, 6) is 0.746. The Labute approximate surface area is 160 Å². The third-order valence-electron chi connectivity index (χ3n) is 4.23. The van der Waals surface area contributed by atoms with Crippen LogP contribution in [0.1, 0.15) is 11.1 Å². The molecule has 0 saturated heterocycles. The van der Waals surface area contributed by atoms with Gasteiger partial charge in [-0.1, -0.05) is 48.5 Å². The van der Waals surface area contributed by atoms with Crippen LogP contribution >= 0.6 is 10.8 Å². The van der Waals surface area contributed by atoms with Gasteiger partial charge in [0.1, 0.15) is 20.3 Å². The minimum Gasteiger partial charge on any atom is -0.497 e. The lowest BCUT2D eigenvalue weighted by Gasteiger charge is -2.21. The van der Waals surface area contributed by atoms with Crippen LogP contribution in [0.5, 0.6) is 5.75 Å². The second-order valence-electron chi connectivity index (χ2n) is 5.81. The molecule has 1 atom stereocenters. The van der Waals surface area contributed by atoms with E-state index in [0.717, 1.165) is 27.7 Å². The maximum atomic E-state index is 11.3. The molecule has 0 fully saturated rings. The topological polar surface area (TPSA) is 87.6 Å². The molecule has 0 spiro atoms.